The Hall–Kier alpha value is -5.50. The van der Waals surface area contributed by atoms with Gasteiger partial charge in [-0.05, 0) is 78.6 Å². The van der Waals surface area contributed by atoms with Crippen molar-refractivity contribution >= 4 is 50.8 Å². The summed E-state index contributed by atoms with van der Waals surface area (Å²) in [6.45, 7) is 1.25. The number of alkyl halides is 3. The summed E-state index contributed by atoms with van der Waals surface area (Å²) in [7, 11) is 3.69. The Kier molecular flexibility index (Phi) is 9.10. The van der Waals surface area contributed by atoms with Crippen LogP contribution < -0.4 is 20.3 Å². The molecule has 14 heteroatoms. The van der Waals surface area contributed by atoms with Crippen molar-refractivity contribution in [1.82, 2.24) is 20.2 Å². The van der Waals surface area contributed by atoms with Crippen molar-refractivity contribution in [3.63, 3.8) is 0 Å². The third kappa shape index (κ3) is 7.09. The van der Waals surface area contributed by atoms with E-state index in [-0.39, 0.29) is 35.4 Å². The summed E-state index contributed by atoms with van der Waals surface area (Å²) in [6, 6.07) is 17.9. The number of amides is 3. The van der Waals surface area contributed by atoms with Crippen LogP contribution in [0.25, 0.3) is 31.9 Å². The molecule has 1 fully saturated rings. The number of halogens is 3. The Morgan fingerprint density at radius 1 is 1.00 bits per heavy atom. The van der Waals surface area contributed by atoms with E-state index in [4.69, 9.17) is 4.74 Å². The zero-order valence-corrected chi connectivity index (χ0v) is 28.5. The number of carbonyl (C=O) groups excluding carboxylic acids is 3. The summed E-state index contributed by atoms with van der Waals surface area (Å²) < 4.78 is 49.6. The van der Waals surface area contributed by atoms with Crippen molar-refractivity contribution in [2.24, 2.45) is 0 Å². The van der Waals surface area contributed by atoms with E-state index in [1.807, 2.05) is 31.1 Å². The minimum absolute atomic E-state index is 0.0246. The number of thiazole rings is 1. The Labute approximate surface area is 295 Å². The molecule has 3 amide bonds. The lowest BCUT2D eigenvalue weighted by molar-refractivity contribution is -0.138. The van der Waals surface area contributed by atoms with Crippen LogP contribution in [0.1, 0.15) is 40.7 Å². The van der Waals surface area contributed by atoms with Crippen LogP contribution in [0, 0.1) is 0 Å². The number of carbonyl (C=O) groups is 3. The number of hydrogen-bond acceptors (Lipinski definition) is 9. The Morgan fingerprint density at radius 2 is 1.80 bits per heavy atom. The average molecular weight is 715 g/mol. The molecule has 7 rings (SSSR count). The van der Waals surface area contributed by atoms with Crippen LogP contribution in [0.5, 0.6) is 5.75 Å². The van der Waals surface area contributed by atoms with Crippen LogP contribution in [0.15, 0.2) is 72.9 Å². The third-order valence-corrected chi connectivity index (χ3v) is 9.95. The fourth-order valence-corrected chi connectivity index (χ4v) is 7.30. The number of benzene rings is 3. The molecule has 10 nitrogen and oxygen atoms in total. The number of anilines is 2. The second-order valence-corrected chi connectivity index (χ2v) is 13.6. The van der Waals surface area contributed by atoms with Crippen molar-refractivity contribution in [3.05, 3.63) is 89.6 Å². The van der Waals surface area contributed by atoms with Crippen LogP contribution >= 0.6 is 11.3 Å². The van der Waals surface area contributed by atoms with Gasteiger partial charge < -0.3 is 19.9 Å². The quantitative estimate of drug-likeness (QED) is 0.121. The van der Waals surface area contributed by atoms with Crippen LogP contribution in [-0.4, -0.2) is 65.9 Å². The molecule has 5 aromatic rings. The van der Waals surface area contributed by atoms with Crippen LogP contribution in [0.2, 0.25) is 0 Å². The van der Waals surface area contributed by atoms with Crippen LogP contribution in [-0.2, 0) is 22.3 Å². The van der Waals surface area contributed by atoms with E-state index in [9.17, 15) is 27.6 Å². The molecule has 0 radical (unpaired) electrons. The molecule has 3 aromatic carbocycles. The van der Waals surface area contributed by atoms with E-state index in [1.165, 1.54) is 22.3 Å². The number of piperidine rings is 1. The lowest BCUT2D eigenvalue weighted by Gasteiger charge is -2.29. The van der Waals surface area contributed by atoms with Crippen molar-refractivity contribution in [2.75, 3.05) is 37.5 Å². The normalized spacial score (nSPS) is 16.0. The molecule has 1 saturated heterocycles. The number of nitrogens with one attached hydrogen (secondary N) is 2. The van der Waals surface area contributed by atoms with E-state index in [0.717, 1.165) is 22.0 Å². The average Bonchev–Trinajstić information content (AvgIpc) is 3.67. The van der Waals surface area contributed by atoms with Gasteiger partial charge in [0.05, 0.1) is 22.4 Å². The van der Waals surface area contributed by atoms with Crippen molar-refractivity contribution in [2.45, 2.75) is 38.0 Å². The van der Waals surface area contributed by atoms with Gasteiger partial charge in [-0.2, -0.15) is 13.2 Å². The molecule has 51 heavy (non-hydrogen) atoms. The predicted octanol–water partition coefficient (Wildman–Crippen LogP) is 6.75. The molecule has 0 aliphatic carbocycles. The first-order valence-corrected chi connectivity index (χ1v) is 17.2. The highest BCUT2D eigenvalue weighted by molar-refractivity contribution is 7.21. The SMILES string of the molecule is CN(C)c1ccc(-c2ccc(-c3nc4ccc(NCCCOc5ccc6c(c5)CN(C5CCC(=O)NC5=O)C6=O)cc4s3)c(C(F)(F)F)c2)cn1. The molecule has 2 N–H and O–H groups in total. The van der Waals surface area contributed by atoms with Gasteiger partial charge in [-0.3, -0.25) is 19.7 Å². The van der Waals surface area contributed by atoms with Gasteiger partial charge in [0.1, 0.15) is 22.6 Å². The maximum Gasteiger partial charge on any atom is 0.417 e. The highest BCUT2D eigenvalue weighted by Gasteiger charge is 2.39. The number of hydrogen-bond donors (Lipinski definition) is 2. The largest absolute Gasteiger partial charge is 0.494 e. The number of fused-ring (bicyclic) bond motifs is 2. The molecule has 2 aliphatic heterocycles. The van der Waals surface area contributed by atoms with E-state index >= 15 is 0 Å². The molecule has 2 aromatic heterocycles. The number of pyridine rings is 1. The smallest absolute Gasteiger partial charge is 0.417 e. The first kappa shape index (κ1) is 34.0. The molecule has 0 saturated carbocycles. The highest BCUT2D eigenvalue weighted by Crippen LogP contribution is 2.42. The fraction of sp³-hybridized carbons (Fsp3) is 0.270. The van der Waals surface area contributed by atoms with Gasteiger partial charge in [0, 0.05) is 62.2 Å². The van der Waals surface area contributed by atoms with E-state index < -0.39 is 23.7 Å². The zero-order valence-electron chi connectivity index (χ0n) is 27.7. The number of nitrogens with zero attached hydrogens (tertiary/aromatic N) is 4. The Balaban J connectivity index is 0.965. The molecule has 4 heterocycles. The number of aromatic nitrogens is 2. The van der Waals surface area contributed by atoms with Crippen LogP contribution in [0.4, 0.5) is 24.7 Å². The predicted molar refractivity (Wildman–Crippen MR) is 189 cm³/mol. The summed E-state index contributed by atoms with van der Waals surface area (Å²) in [5, 5.41) is 5.93. The third-order valence-electron chi connectivity index (χ3n) is 8.90. The van der Waals surface area contributed by atoms with Gasteiger partial charge in [0.25, 0.3) is 5.91 Å². The lowest BCUT2D eigenvalue weighted by atomic mass is 10.00. The molecular formula is C37H33F3N6O4S. The maximum absolute atomic E-state index is 14.3. The van der Waals surface area contributed by atoms with Gasteiger partial charge in [0.15, 0.2) is 0 Å². The Bertz CT molecular complexity index is 2150. The summed E-state index contributed by atoms with van der Waals surface area (Å²) in [4.78, 5) is 48.9. The van der Waals surface area contributed by atoms with Gasteiger partial charge in [-0.15, -0.1) is 11.3 Å². The molecular weight excluding hydrogens is 682 g/mol. The van der Waals surface area contributed by atoms with Crippen molar-refractivity contribution in [1.29, 1.82) is 0 Å². The first-order valence-electron chi connectivity index (χ1n) is 16.3. The minimum Gasteiger partial charge on any atom is -0.494 e. The first-order chi connectivity index (χ1) is 24.4. The topological polar surface area (TPSA) is 117 Å². The monoisotopic (exact) mass is 714 g/mol. The van der Waals surface area contributed by atoms with Gasteiger partial charge >= 0.3 is 6.18 Å². The minimum atomic E-state index is -4.58. The van der Waals surface area contributed by atoms with E-state index in [1.54, 1.807) is 48.7 Å². The van der Waals surface area contributed by atoms with Crippen molar-refractivity contribution in [3.8, 4) is 27.4 Å². The number of ether oxygens (including phenoxy) is 1. The molecule has 0 spiro atoms. The summed E-state index contributed by atoms with van der Waals surface area (Å²) in [5.74, 6) is 0.299. The molecule has 2 aliphatic rings. The summed E-state index contributed by atoms with van der Waals surface area (Å²) in [5.41, 5.74) is 2.98. The highest BCUT2D eigenvalue weighted by atomic mass is 32.1. The fourth-order valence-electron chi connectivity index (χ4n) is 6.25. The molecule has 0 bridgehead atoms. The van der Waals surface area contributed by atoms with E-state index in [2.05, 4.69) is 20.6 Å². The molecule has 262 valence electrons. The maximum atomic E-state index is 14.3. The number of imide groups is 1. The number of rotatable bonds is 10. The van der Waals surface area contributed by atoms with Crippen LogP contribution in [0.3, 0.4) is 0 Å². The second kappa shape index (κ2) is 13.7. The lowest BCUT2D eigenvalue weighted by Crippen LogP contribution is -2.52. The van der Waals surface area contributed by atoms with Gasteiger partial charge in [0.2, 0.25) is 11.8 Å². The molecule has 1 unspecified atom stereocenters. The Morgan fingerprint density at radius 3 is 2.55 bits per heavy atom. The van der Waals surface area contributed by atoms with E-state index in [0.29, 0.717) is 59.8 Å². The van der Waals surface area contributed by atoms with Gasteiger partial charge in [-0.1, -0.05) is 12.1 Å². The summed E-state index contributed by atoms with van der Waals surface area (Å²) in [6.07, 6.45) is -1.86. The second-order valence-electron chi connectivity index (χ2n) is 12.6. The molecule has 1 atom stereocenters. The summed E-state index contributed by atoms with van der Waals surface area (Å²) >= 11 is 1.20. The standard InChI is InChI=1S/C37H33F3N6O4S/c1-45(2)32-12-5-22(19-42-32)21-4-8-27(28(17-21)37(38,39)40)35-43-29-10-6-24(18-31(29)51-35)41-14-3-15-50-25-7-9-26-23(16-25)20-46(36(26)49)30-11-13-33(47)44-34(30)48/h4-10,12,16-19,30,41H,3,11,13-15,20H2,1-2H3,(H,44,47,48). The van der Waals surface area contributed by atoms with Gasteiger partial charge in [-0.25, -0.2) is 9.97 Å². The van der Waals surface area contributed by atoms with Crippen molar-refractivity contribution < 1.29 is 32.3 Å². The zero-order chi connectivity index (χ0) is 35.9.